The van der Waals surface area contributed by atoms with E-state index in [1.165, 1.54) is 6.92 Å². The Balaban J connectivity index is 1.83. The van der Waals surface area contributed by atoms with Crippen LogP contribution >= 0.6 is 0 Å². The molecule has 1 amide bonds. The number of aryl methyl sites for hydroxylation is 2. The third-order valence-electron chi connectivity index (χ3n) is 6.00. The summed E-state index contributed by atoms with van der Waals surface area (Å²) in [6, 6.07) is 12.2. The highest BCUT2D eigenvalue weighted by Gasteiger charge is 2.22. The molecule has 0 saturated heterocycles. The summed E-state index contributed by atoms with van der Waals surface area (Å²) in [4.78, 5) is 36.6. The number of fused-ring (bicyclic) bond motifs is 1. The maximum Gasteiger partial charge on any atom is 0.340 e. The molecule has 34 heavy (non-hydrogen) atoms. The lowest BCUT2D eigenvalue weighted by atomic mass is 9.98. The second kappa shape index (κ2) is 11.0. The van der Waals surface area contributed by atoms with E-state index in [1.54, 1.807) is 19.1 Å². The predicted molar refractivity (Wildman–Crippen MR) is 128 cm³/mol. The third kappa shape index (κ3) is 5.65. The van der Waals surface area contributed by atoms with Gasteiger partial charge in [0.15, 0.2) is 6.10 Å². The summed E-state index contributed by atoms with van der Waals surface area (Å²) in [5.41, 5.74) is 3.03. The Morgan fingerprint density at radius 2 is 1.79 bits per heavy atom. The Morgan fingerprint density at radius 1 is 1.09 bits per heavy atom. The monoisotopic (exact) mass is 464 g/mol. The third-order valence-corrected chi connectivity index (χ3v) is 6.00. The highest BCUT2D eigenvalue weighted by Crippen LogP contribution is 2.30. The van der Waals surface area contributed by atoms with Crippen LogP contribution in [-0.4, -0.2) is 24.0 Å². The molecule has 0 fully saturated rings. The van der Waals surface area contributed by atoms with Crippen LogP contribution in [0, 0.1) is 13.8 Å². The summed E-state index contributed by atoms with van der Waals surface area (Å²) in [7, 11) is 0. The van der Waals surface area contributed by atoms with Crippen LogP contribution in [-0.2, 0) is 16.0 Å². The van der Waals surface area contributed by atoms with Gasteiger partial charge in [-0.3, -0.25) is 4.79 Å². The van der Waals surface area contributed by atoms with E-state index in [2.05, 4.69) is 5.32 Å². The van der Waals surface area contributed by atoms with Gasteiger partial charge in [0, 0.05) is 22.9 Å². The number of carbonyl (C=O) groups excluding carboxylic acids is 2. The molecule has 3 rings (SSSR count). The average Bonchev–Trinajstić information content (AvgIpc) is 2.81. The Labute approximate surface area is 198 Å². The maximum atomic E-state index is 12.8. The standard InChI is InChI=1S/C27H31NO6/c1-5-6-12-22(26(30)31)28-25(29)18(4)33-23-14-13-20-16(2)21(15-19-10-8-7-9-11-19)27(32)34-24(20)17(23)3/h7-11,13-14,18,22H,5-6,12,15H2,1-4H3,(H,28,29)(H,30,31)/p-1/t18-,22+/m1/s1. The van der Waals surface area contributed by atoms with Crippen LogP contribution in [0.2, 0.25) is 0 Å². The molecule has 1 heterocycles. The van der Waals surface area contributed by atoms with Crippen LogP contribution in [0.3, 0.4) is 0 Å². The molecular weight excluding hydrogens is 434 g/mol. The highest BCUT2D eigenvalue weighted by atomic mass is 16.5. The summed E-state index contributed by atoms with van der Waals surface area (Å²) in [5, 5.41) is 14.6. The lowest BCUT2D eigenvalue weighted by molar-refractivity contribution is -0.308. The van der Waals surface area contributed by atoms with E-state index in [0.29, 0.717) is 41.7 Å². The van der Waals surface area contributed by atoms with Crippen molar-refractivity contribution in [3.8, 4) is 5.75 Å². The minimum atomic E-state index is -1.32. The first kappa shape index (κ1) is 25.0. The minimum Gasteiger partial charge on any atom is -0.548 e. The molecular formula is C27H30NO6-. The first-order chi connectivity index (χ1) is 16.2. The number of hydrogen-bond acceptors (Lipinski definition) is 6. The smallest absolute Gasteiger partial charge is 0.340 e. The Bertz CT molecular complexity index is 1230. The summed E-state index contributed by atoms with van der Waals surface area (Å²) < 4.78 is 11.5. The van der Waals surface area contributed by atoms with Crippen molar-refractivity contribution in [1.29, 1.82) is 0 Å². The van der Waals surface area contributed by atoms with Crippen molar-refractivity contribution < 1.29 is 23.8 Å². The number of carbonyl (C=O) groups is 2. The Kier molecular flexibility index (Phi) is 8.10. The van der Waals surface area contributed by atoms with Gasteiger partial charge in [-0.2, -0.15) is 0 Å². The average molecular weight is 465 g/mol. The molecule has 180 valence electrons. The van der Waals surface area contributed by atoms with Gasteiger partial charge in [-0.1, -0.05) is 50.1 Å². The molecule has 0 bridgehead atoms. The van der Waals surface area contributed by atoms with E-state index in [-0.39, 0.29) is 0 Å². The second-order valence-corrected chi connectivity index (χ2v) is 8.50. The number of rotatable bonds is 10. The van der Waals surface area contributed by atoms with Gasteiger partial charge in [0.25, 0.3) is 5.91 Å². The van der Waals surface area contributed by atoms with Crippen LogP contribution in [0.4, 0.5) is 0 Å². The second-order valence-electron chi connectivity index (χ2n) is 8.50. The number of unbranched alkanes of at least 4 members (excludes halogenated alkanes) is 1. The van der Waals surface area contributed by atoms with E-state index in [9.17, 15) is 19.5 Å². The van der Waals surface area contributed by atoms with Crippen molar-refractivity contribution in [1.82, 2.24) is 5.32 Å². The van der Waals surface area contributed by atoms with Crippen molar-refractivity contribution in [2.24, 2.45) is 0 Å². The van der Waals surface area contributed by atoms with Gasteiger partial charge in [-0.25, -0.2) is 4.79 Å². The van der Waals surface area contributed by atoms with Gasteiger partial charge >= 0.3 is 5.63 Å². The van der Waals surface area contributed by atoms with Gasteiger partial charge in [-0.05, 0) is 50.5 Å². The first-order valence-corrected chi connectivity index (χ1v) is 11.5. The lowest BCUT2D eigenvalue weighted by Gasteiger charge is -2.23. The molecule has 0 spiro atoms. The van der Waals surface area contributed by atoms with Gasteiger partial charge in [0.05, 0.1) is 12.0 Å². The minimum absolute atomic E-state index is 0.294. The van der Waals surface area contributed by atoms with Crippen molar-refractivity contribution in [3.05, 3.63) is 75.1 Å². The van der Waals surface area contributed by atoms with E-state index in [1.807, 2.05) is 44.2 Å². The fourth-order valence-corrected chi connectivity index (χ4v) is 3.89. The molecule has 0 saturated carbocycles. The van der Waals surface area contributed by atoms with Crippen LogP contribution in [0.15, 0.2) is 51.7 Å². The number of carboxylic acids is 1. The molecule has 0 aliphatic carbocycles. The molecule has 0 unspecified atom stereocenters. The van der Waals surface area contributed by atoms with Gasteiger partial charge < -0.3 is 24.4 Å². The Hall–Kier alpha value is -3.61. The zero-order chi connectivity index (χ0) is 24.8. The normalized spacial score (nSPS) is 12.8. The van der Waals surface area contributed by atoms with E-state index < -0.39 is 29.6 Å². The highest BCUT2D eigenvalue weighted by molar-refractivity contribution is 5.87. The SMILES string of the molecule is CCCC[C@H](NC(=O)[C@@H](C)Oc1ccc2c(C)c(Cc3ccccc3)c(=O)oc2c1C)C(=O)[O-]. The van der Waals surface area contributed by atoms with Gasteiger partial charge in [-0.15, -0.1) is 0 Å². The molecule has 3 aromatic rings. The molecule has 2 aromatic carbocycles. The zero-order valence-electron chi connectivity index (χ0n) is 20.0. The molecule has 7 nitrogen and oxygen atoms in total. The number of aliphatic carboxylic acids is 1. The number of nitrogens with one attached hydrogen (secondary N) is 1. The van der Waals surface area contributed by atoms with Crippen LogP contribution < -0.4 is 20.8 Å². The van der Waals surface area contributed by atoms with E-state index >= 15 is 0 Å². The van der Waals surface area contributed by atoms with Gasteiger partial charge in [0.1, 0.15) is 11.3 Å². The summed E-state index contributed by atoms with van der Waals surface area (Å²) >= 11 is 0. The molecule has 0 aliphatic heterocycles. The lowest BCUT2D eigenvalue weighted by Crippen LogP contribution is -2.51. The largest absolute Gasteiger partial charge is 0.548 e. The number of benzene rings is 2. The molecule has 7 heteroatoms. The number of carboxylic acid groups (broad SMARTS) is 1. The van der Waals surface area contributed by atoms with Crippen LogP contribution in [0.25, 0.3) is 11.0 Å². The predicted octanol–water partition coefficient (Wildman–Crippen LogP) is 3.19. The first-order valence-electron chi connectivity index (χ1n) is 11.5. The summed E-state index contributed by atoms with van der Waals surface area (Å²) in [5.74, 6) is -1.49. The maximum absolute atomic E-state index is 12.8. The zero-order valence-corrected chi connectivity index (χ0v) is 20.0. The van der Waals surface area contributed by atoms with E-state index in [4.69, 9.17) is 9.15 Å². The molecule has 2 atom stereocenters. The van der Waals surface area contributed by atoms with Crippen LogP contribution in [0.5, 0.6) is 5.75 Å². The Morgan fingerprint density at radius 3 is 2.44 bits per heavy atom. The van der Waals surface area contributed by atoms with Crippen molar-refractivity contribution in [3.63, 3.8) is 0 Å². The van der Waals surface area contributed by atoms with Gasteiger partial charge in [0.2, 0.25) is 0 Å². The van der Waals surface area contributed by atoms with Crippen molar-refractivity contribution in [2.75, 3.05) is 0 Å². The fourth-order valence-electron chi connectivity index (χ4n) is 3.89. The number of hydrogen-bond donors (Lipinski definition) is 1. The van der Waals surface area contributed by atoms with E-state index in [0.717, 1.165) is 22.9 Å². The summed E-state index contributed by atoms with van der Waals surface area (Å²) in [6.45, 7) is 7.12. The molecule has 1 aromatic heterocycles. The van der Waals surface area contributed by atoms with Crippen molar-refractivity contribution >= 4 is 22.8 Å². The summed E-state index contributed by atoms with van der Waals surface area (Å²) in [6.07, 6.45) is 1.27. The topological polar surface area (TPSA) is 109 Å². The number of amides is 1. The van der Waals surface area contributed by atoms with Crippen molar-refractivity contribution in [2.45, 2.75) is 65.5 Å². The number of ether oxygens (including phenoxy) is 1. The quantitative estimate of drug-likeness (QED) is 0.462. The molecule has 0 radical (unpaired) electrons. The molecule has 0 aliphatic rings. The fraction of sp³-hybridized carbons (Fsp3) is 0.370. The van der Waals surface area contributed by atoms with Crippen LogP contribution in [0.1, 0.15) is 55.4 Å². The molecule has 1 N–H and O–H groups in total.